The molecule has 1 heterocycles. The van der Waals surface area contributed by atoms with Crippen LogP contribution in [0.5, 0.6) is 5.75 Å². The zero-order valence-electron chi connectivity index (χ0n) is 13.3. The van der Waals surface area contributed by atoms with Gasteiger partial charge in [0.25, 0.3) is 0 Å². The summed E-state index contributed by atoms with van der Waals surface area (Å²) in [6, 6.07) is 7.96. The highest BCUT2D eigenvalue weighted by atomic mass is 32.2. The molecular formula is C17H25NO3S. The Bertz CT molecular complexity index is 475. The van der Waals surface area contributed by atoms with Crippen LogP contribution in [0.4, 0.5) is 0 Å². The number of amides is 1. The molecule has 1 aliphatic heterocycles. The second-order valence-electron chi connectivity index (χ2n) is 5.65. The summed E-state index contributed by atoms with van der Waals surface area (Å²) in [5.74, 6) is 1.32. The van der Waals surface area contributed by atoms with Crippen molar-refractivity contribution in [3.63, 3.8) is 0 Å². The molecule has 1 aromatic rings. The third kappa shape index (κ3) is 5.89. The zero-order valence-corrected chi connectivity index (χ0v) is 14.2. The number of rotatable bonds is 8. The average Bonchev–Trinajstić information content (AvgIpc) is 3.04. The van der Waals surface area contributed by atoms with Gasteiger partial charge in [-0.3, -0.25) is 4.79 Å². The van der Waals surface area contributed by atoms with Crippen molar-refractivity contribution >= 4 is 17.7 Å². The lowest BCUT2D eigenvalue weighted by atomic mass is 10.1. The highest BCUT2D eigenvalue weighted by molar-refractivity contribution is 8.00. The van der Waals surface area contributed by atoms with E-state index in [2.05, 4.69) is 12.2 Å². The van der Waals surface area contributed by atoms with Crippen LogP contribution in [0.1, 0.15) is 32.6 Å². The SMILES string of the molecule is COc1cccc(SCC(=O)N[C@@H](C)CC[C@H]2CCCO2)c1. The van der Waals surface area contributed by atoms with Crippen LogP contribution in [0.2, 0.25) is 0 Å². The Balaban J connectivity index is 1.65. The molecule has 1 aromatic carbocycles. The van der Waals surface area contributed by atoms with Crippen molar-refractivity contribution < 1.29 is 14.3 Å². The lowest BCUT2D eigenvalue weighted by Crippen LogP contribution is -2.34. The van der Waals surface area contributed by atoms with E-state index in [1.165, 1.54) is 18.2 Å². The molecule has 0 bridgehead atoms. The minimum atomic E-state index is 0.0765. The average molecular weight is 323 g/mol. The third-order valence-corrected chi connectivity index (χ3v) is 4.76. The molecule has 0 saturated carbocycles. The van der Waals surface area contributed by atoms with Gasteiger partial charge in [0.1, 0.15) is 5.75 Å². The second kappa shape index (κ2) is 9.06. The normalized spacial score (nSPS) is 18.9. The van der Waals surface area contributed by atoms with Crippen molar-refractivity contribution in [2.75, 3.05) is 19.5 Å². The van der Waals surface area contributed by atoms with Gasteiger partial charge in [-0.05, 0) is 50.8 Å². The fourth-order valence-electron chi connectivity index (χ4n) is 2.54. The first-order valence-corrected chi connectivity index (χ1v) is 8.83. The van der Waals surface area contributed by atoms with E-state index >= 15 is 0 Å². The number of carbonyl (C=O) groups excluding carboxylic acids is 1. The van der Waals surface area contributed by atoms with Crippen molar-refractivity contribution in [3.8, 4) is 5.75 Å². The number of thioether (sulfide) groups is 1. The smallest absolute Gasteiger partial charge is 0.230 e. The van der Waals surface area contributed by atoms with Crippen LogP contribution in [0.15, 0.2) is 29.2 Å². The maximum atomic E-state index is 12.0. The van der Waals surface area contributed by atoms with E-state index in [0.717, 1.165) is 36.5 Å². The van der Waals surface area contributed by atoms with E-state index in [1.807, 2.05) is 24.3 Å². The summed E-state index contributed by atoms with van der Waals surface area (Å²) in [4.78, 5) is 13.0. The van der Waals surface area contributed by atoms with Crippen molar-refractivity contribution in [3.05, 3.63) is 24.3 Å². The Morgan fingerprint density at radius 2 is 2.41 bits per heavy atom. The summed E-state index contributed by atoms with van der Waals surface area (Å²) >= 11 is 1.53. The van der Waals surface area contributed by atoms with E-state index in [0.29, 0.717) is 11.9 Å². The molecule has 1 fully saturated rings. The van der Waals surface area contributed by atoms with Gasteiger partial charge in [-0.2, -0.15) is 0 Å². The van der Waals surface area contributed by atoms with Gasteiger partial charge in [-0.25, -0.2) is 0 Å². The number of ether oxygens (including phenoxy) is 2. The molecule has 0 aliphatic carbocycles. The number of hydrogen-bond donors (Lipinski definition) is 1. The van der Waals surface area contributed by atoms with E-state index in [9.17, 15) is 4.79 Å². The van der Waals surface area contributed by atoms with Crippen molar-refractivity contribution in [1.82, 2.24) is 5.32 Å². The Hall–Kier alpha value is -1.20. The molecule has 0 radical (unpaired) electrons. The molecular weight excluding hydrogens is 298 g/mol. The first-order valence-electron chi connectivity index (χ1n) is 7.85. The largest absolute Gasteiger partial charge is 0.497 e. The maximum Gasteiger partial charge on any atom is 0.230 e. The molecule has 1 saturated heterocycles. The lowest BCUT2D eigenvalue weighted by Gasteiger charge is -2.16. The quantitative estimate of drug-likeness (QED) is 0.746. The molecule has 122 valence electrons. The van der Waals surface area contributed by atoms with Gasteiger partial charge >= 0.3 is 0 Å². The van der Waals surface area contributed by atoms with Crippen molar-refractivity contribution in [2.45, 2.75) is 49.6 Å². The van der Waals surface area contributed by atoms with E-state index in [4.69, 9.17) is 9.47 Å². The Morgan fingerprint density at radius 3 is 3.14 bits per heavy atom. The summed E-state index contributed by atoms with van der Waals surface area (Å²) in [7, 11) is 1.65. The standard InChI is InChI=1S/C17H25NO3S/c1-13(8-9-14-6-4-10-21-14)18-17(19)12-22-16-7-3-5-15(11-16)20-2/h3,5,7,11,13-14H,4,6,8-10,12H2,1-2H3,(H,18,19)/t13-,14+/m0/s1. The van der Waals surface area contributed by atoms with Crippen LogP contribution in [0.3, 0.4) is 0 Å². The number of nitrogens with one attached hydrogen (secondary N) is 1. The highest BCUT2D eigenvalue weighted by Crippen LogP contribution is 2.22. The van der Waals surface area contributed by atoms with Gasteiger partial charge in [0.2, 0.25) is 5.91 Å². The topological polar surface area (TPSA) is 47.6 Å². The van der Waals surface area contributed by atoms with Crippen molar-refractivity contribution in [2.24, 2.45) is 0 Å². The molecule has 0 unspecified atom stereocenters. The van der Waals surface area contributed by atoms with E-state index in [1.54, 1.807) is 7.11 Å². The van der Waals surface area contributed by atoms with E-state index in [-0.39, 0.29) is 11.9 Å². The third-order valence-electron chi connectivity index (χ3n) is 3.76. The molecule has 1 amide bonds. The molecule has 2 rings (SSSR count). The molecule has 2 atom stereocenters. The number of benzene rings is 1. The number of hydrogen-bond acceptors (Lipinski definition) is 4. The Kier molecular flexibility index (Phi) is 7.06. The first kappa shape index (κ1) is 17.2. The van der Waals surface area contributed by atoms with Gasteiger partial charge < -0.3 is 14.8 Å². The first-order chi connectivity index (χ1) is 10.7. The van der Waals surface area contributed by atoms with E-state index < -0.39 is 0 Å². The van der Waals surface area contributed by atoms with Crippen LogP contribution in [0.25, 0.3) is 0 Å². The van der Waals surface area contributed by atoms with Gasteiger partial charge in [0, 0.05) is 17.5 Å². The molecule has 1 N–H and O–H groups in total. The van der Waals surface area contributed by atoms with Crippen LogP contribution >= 0.6 is 11.8 Å². The molecule has 5 heteroatoms. The summed E-state index contributed by atoms with van der Waals surface area (Å²) in [6.07, 6.45) is 4.73. The molecule has 1 aliphatic rings. The molecule has 22 heavy (non-hydrogen) atoms. The summed E-state index contributed by atoms with van der Waals surface area (Å²) < 4.78 is 10.8. The minimum Gasteiger partial charge on any atom is -0.497 e. The summed E-state index contributed by atoms with van der Waals surface area (Å²) in [5.41, 5.74) is 0. The maximum absolute atomic E-state index is 12.0. The predicted molar refractivity (Wildman–Crippen MR) is 89.5 cm³/mol. The Morgan fingerprint density at radius 1 is 1.55 bits per heavy atom. The van der Waals surface area contributed by atoms with Gasteiger partial charge in [0.15, 0.2) is 0 Å². The lowest BCUT2D eigenvalue weighted by molar-refractivity contribution is -0.119. The zero-order chi connectivity index (χ0) is 15.8. The predicted octanol–water partition coefficient (Wildman–Crippen LogP) is 3.25. The molecule has 0 aromatic heterocycles. The van der Waals surface area contributed by atoms with Gasteiger partial charge in [-0.1, -0.05) is 6.07 Å². The molecule has 4 nitrogen and oxygen atoms in total. The van der Waals surface area contributed by atoms with Gasteiger partial charge in [0.05, 0.1) is 19.0 Å². The van der Waals surface area contributed by atoms with Gasteiger partial charge in [-0.15, -0.1) is 11.8 Å². The monoisotopic (exact) mass is 323 g/mol. The Labute approximate surface area is 137 Å². The fourth-order valence-corrected chi connectivity index (χ4v) is 3.29. The highest BCUT2D eigenvalue weighted by Gasteiger charge is 2.17. The van der Waals surface area contributed by atoms with Crippen LogP contribution in [-0.4, -0.2) is 37.5 Å². The summed E-state index contributed by atoms with van der Waals surface area (Å²) in [6.45, 7) is 2.95. The number of methoxy groups -OCH3 is 1. The fraction of sp³-hybridized carbons (Fsp3) is 0.588. The molecule has 0 spiro atoms. The summed E-state index contributed by atoms with van der Waals surface area (Å²) in [5, 5.41) is 3.06. The van der Waals surface area contributed by atoms with Crippen LogP contribution in [-0.2, 0) is 9.53 Å². The van der Waals surface area contributed by atoms with Crippen molar-refractivity contribution in [1.29, 1.82) is 0 Å². The second-order valence-corrected chi connectivity index (χ2v) is 6.70. The van der Waals surface area contributed by atoms with Crippen LogP contribution < -0.4 is 10.1 Å². The number of carbonyl (C=O) groups is 1. The van der Waals surface area contributed by atoms with Crippen LogP contribution in [0, 0.1) is 0 Å². The minimum absolute atomic E-state index is 0.0765.